The fourth-order valence-corrected chi connectivity index (χ4v) is 2.73. The fraction of sp³-hybridized carbons (Fsp3) is 0.0526. The number of hydrogen-bond donors (Lipinski definition) is 1. The van der Waals surface area contributed by atoms with Crippen LogP contribution in [0.1, 0.15) is 15.9 Å². The molecule has 0 radical (unpaired) electrons. The van der Waals surface area contributed by atoms with Crippen molar-refractivity contribution in [2.75, 3.05) is 5.32 Å². The van der Waals surface area contributed by atoms with Crippen LogP contribution in [0.4, 0.5) is 5.82 Å². The Balaban J connectivity index is 1.81. The van der Waals surface area contributed by atoms with Crippen molar-refractivity contribution in [1.82, 2.24) is 19.4 Å². The van der Waals surface area contributed by atoms with Gasteiger partial charge in [0.1, 0.15) is 11.5 Å². The highest BCUT2D eigenvalue weighted by Gasteiger charge is 2.15. The van der Waals surface area contributed by atoms with Gasteiger partial charge in [-0.05, 0) is 36.8 Å². The maximum Gasteiger partial charge on any atom is 0.260 e. The lowest BCUT2D eigenvalue weighted by atomic mass is 10.0. The summed E-state index contributed by atoms with van der Waals surface area (Å²) < 4.78 is 1.84. The van der Waals surface area contributed by atoms with Crippen molar-refractivity contribution in [3.63, 3.8) is 0 Å². The van der Waals surface area contributed by atoms with E-state index in [2.05, 4.69) is 20.3 Å². The Bertz CT molecular complexity index is 1060. The Kier molecular flexibility index (Phi) is 3.70. The number of rotatable bonds is 3. The van der Waals surface area contributed by atoms with E-state index in [1.54, 1.807) is 36.9 Å². The first-order valence-electron chi connectivity index (χ1n) is 7.82. The minimum absolute atomic E-state index is 0.252. The van der Waals surface area contributed by atoms with Gasteiger partial charge in [-0.2, -0.15) is 0 Å². The number of amides is 1. The average Bonchev–Trinajstić information content (AvgIpc) is 3.10. The van der Waals surface area contributed by atoms with Gasteiger partial charge in [-0.3, -0.25) is 9.78 Å². The third-order valence-electron chi connectivity index (χ3n) is 3.99. The van der Waals surface area contributed by atoms with Crippen molar-refractivity contribution in [2.45, 2.75) is 6.92 Å². The molecule has 4 aromatic heterocycles. The molecule has 0 saturated carbocycles. The molecule has 6 heteroatoms. The van der Waals surface area contributed by atoms with Crippen LogP contribution in [-0.4, -0.2) is 25.3 Å². The second-order valence-electron chi connectivity index (χ2n) is 5.66. The number of aryl methyl sites for hydroxylation is 1. The lowest BCUT2D eigenvalue weighted by Crippen LogP contribution is -2.14. The van der Waals surface area contributed by atoms with E-state index in [4.69, 9.17) is 0 Å². The first-order chi connectivity index (χ1) is 12.2. The molecule has 0 aliphatic heterocycles. The molecule has 6 nitrogen and oxygen atoms in total. The molecule has 4 aromatic rings. The van der Waals surface area contributed by atoms with Crippen molar-refractivity contribution < 1.29 is 4.79 Å². The molecule has 1 N–H and O–H groups in total. The van der Waals surface area contributed by atoms with E-state index in [0.29, 0.717) is 17.0 Å². The lowest BCUT2D eigenvalue weighted by molar-refractivity contribution is 0.102. The molecule has 0 fully saturated rings. The summed E-state index contributed by atoms with van der Waals surface area (Å²) in [4.78, 5) is 25.4. The number of aromatic nitrogens is 4. The molecule has 0 atom stereocenters. The van der Waals surface area contributed by atoms with Crippen molar-refractivity contribution >= 4 is 17.4 Å². The van der Waals surface area contributed by atoms with Crippen molar-refractivity contribution in [1.29, 1.82) is 0 Å². The maximum absolute atomic E-state index is 12.8. The van der Waals surface area contributed by atoms with E-state index in [-0.39, 0.29) is 5.91 Å². The lowest BCUT2D eigenvalue weighted by Gasteiger charge is -2.10. The number of pyridine rings is 3. The molecule has 25 heavy (non-hydrogen) atoms. The minimum Gasteiger partial charge on any atom is -0.306 e. The van der Waals surface area contributed by atoms with Crippen LogP contribution in [0.3, 0.4) is 0 Å². The number of nitrogens with zero attached hydrogens (tertiary/aromatic N) is 4. The zero-order valence-corrected chi connectivity index (χ0v) is 13.5. The molecular weight excluding hydrogens is 314 g/mol. The van der Waals surface area contributed by atoms with E-state index in [1.165, 1.54) is 0 Å². The summed E-state index contributed by atoms with van der Waals surface area (Å²) >= 11 is 0. The molecule has 0 bridgehead atoms. The van der Waals surface area contributed by atoms with Crippen LogP contribution in [0, 0.1) is 6.92 Å². The zero-order valence-electron chi connectivity index (χ0n) is 13.5. The maximum atomic E-state index is 12.8. The van der Waals surface area contributed by atoms with Crippen molar-refractivity contribution in [3.05, 3.63) is 78.6 Å². The first-order valence-corrected chi connectivity index (χ1v) is 7.82. The van der Waals surface area contributed by atoms with Crippen LogP contribution in [0.25, 0.3) is 16.8 Å². The van der Waals surface area contributed by atoms with E-state index in [0.717, 1.165) is 16.7 Å². The summed E-state index contributed by atoms with van der Waals surface area (Å²) in [6.45, 7) is 2.02. The fourth-order valence-electron chi connectivity index (χ4n) is 2.73. The highest BCUT2D eigenvalue weighted by molar-refractivity contribution is 6.08. The van der Waals surface area contributed by atoms with Crippen molar-refractivity contribution in [2.24, 2.45) is 0 Å². The van der Waals surface area contributed by atoms with E-state index < -0.39 is 0 Å². The van der Waals surface area contributed by atoms with Gasteiger partial charge in [0.15, 0.2) is 0 Å². The van der Waals surface area contributed by atoms with Gasteiger partial charge in [0.2, 0.25) is 0 Å². The predicted molar refractivity (Wildman–Crippen MR) is 95.4 cm³/mol. The number of hydrogen-bond acceptors (Lipinski definition) is 4. The summed E-state index contributed by atoms with van der Waals surface area (Å²) in [5.74, 6) is 0.249. The normalized spacial score (nSPS) is 10.8. The number of anilines is 1. The van der Waals surface area contributed by atoms with Gasteiger partial charge in [0.05, 0.1) is 5.56 Å². The summed E-state index contributed by atoms with van der Waals surface area (Å²) in [6.07, 6.45) is 10.6. The summed E-state index contributed by atoms with van der Waals surface area (Å²) in [6, 6.07) is 9.15. The molecule has 0 unspecified atom stereocenters. The molecule has 0 spiro atoms. The Morgan fingerprint density at radius 3 is 2.84 bits per heavy atom. The van der Waals surface area contributed by atoms with Crippen LogP contribution in [0.2, 0.25) is 0 Å². The van der Waals surface area contributed by atoms with Gasteiger partial charge in [0.25, 0.3) is 5.91 Å². The van der Waals surface area contributed by atoms with Gasteiger partial charge in [0, 0.05) is 48.3 Å². The highest BCUT2D eigenvalue weighted by Crippen LogP contribution is 2.25. The van der Waals surface area contributed by atoms with Gasteiger partial charge in [-0.1, -0.05) is 6.07 Å². The van der Waals surface area contributed by atoms with Crippen molar-refractivity contribution in [3.8, 4) is 11.1 Å². The van der Waals surface area contributed by atoms with Crippen LogP contribution < -0.4 is 5.32 Å². The zero-order chi connectivity index (χ0) is 17.2. The average molecular weight is 329 g/mol. The van der Waals surface area contributed by atoms with Gasteiger partial charge in [-0.15, -0.1) is 0 Å². The van der Waals surface area contributed by atoms with Crippen LogP contribution in [0.5, 0.6) is 0 Å². The molecule has 0 saturated heterocycles. The molecule has 0 aliphatic rings. The smallest absolute Gasteiger partial charge is 0.260 e. The Hall–Kier alpha value is -3.54. The second-order valence-corrected chi connectivity index (χ2v) is 5.66. The molecule has 122 valence electrons. The number of nitrogens with one attached hydrogen (secondary N) is 1. The molecule has 1 amide bonds. The largest absolute Gasteiger partial charge is 0.306 e. The summed E-state index contributed by atoms with van der Waals surface area (Å²) in [5.41, 5.74) is 4.05. The first kappa shape index (κ1) is 15.0. The summed E-state index contributed by atoms with van der Waals surface area (Å²) in [5, 5.41) is 2.81. The van der Waals surface area contributed by atoms with E-state index >= 15 is 0 Å². The number of carbonyl (C=O) groups excluding carboxylic acids is 1. The Morgan fingerprint density at radius 2 is 2.04 bits per heavy atom. The summed E-state index contributed by atoms with van der Waals surface area (Å²) in [7, 11) is 0. The highest BCUT2D eigenvalue weighted by atomic mass is 16.1. The van der Waals surface area contributed by atoms with Crippen LogP contribution >= 0.6 is 0 Å². The number of imidazole rings is 1. The Labute approximate surface area is 144 Å². The molecule has 0 aromatic carbocycles. The number of carbonyl (C=O) groups is 1. The van der Waals surface area contributed by atoms with Crippen LogP contribution in [-0.2, 0) is 0 Å². The Morgan fingerprint density at radius 1 is 1.12 bits per heavy atom. The molecule has 4 rings (SSSR count). The predicted octanol–water partition coefficient (Wildman–Crippen LogP) is 3.35. The van der Waals surface area contributed by atoms with Crippen LogP contribution in [0.15, 0.2) is 67.5 Å². The van der Waals surface area contributed by atoms with E-state index in [1.807, 2.05) is 41.9 Å². The monoisotopic (exact) mass is 329 g/mol. The van der Waals surface area contributed by atoms with Gasteiger partial charge < -0.3 is 9.72 Å². The molecule has 4 heterocycles. The quantitative estimate of drug-likeness (QED) is 0.625. The minimum atomic E-state index is -0.252. The topological polar surface area (TPSA) is 72.2 Å². The third-order valence-corrected chi connectivity index (χ3v) is 3.99. The SMILES string of the molecule is Cc1ccncc1-c1cc(C(=O)Nc2ccccn2)c2nccn2c1. The third kappa shape index (κ3) is 2.85. The standard InChI is InChI=1S/C19H15N5O/c1-13-5-7-20-11-16(13)14-10-15(18-22-8-9-24(18)12-14)19(25)23-17-4-2-3-6-21-17/h2-12H,1H3,(H,21,23,25). The molecular formula is C19H15N5O. The second kappa shape index (κ2) is 6.16. The van der Waals surface area contributed by atoms with Gasteiger partial charge >= 0.3 is 0 Å². The molecule has 0 aliphatic carbocycles. The number of fused-ring (bicyclic) bond motifs is 1. The van der Waals surface area contributed by atoms with Gasteiger partial charge in [-0.25, -0.2) is 9.97 Å². The van der Waals surface area contributed by atoms with E-state index in [9.17, 15) is 4.79 Å².